The minimum absolute atomic E-state index is 0.0882. The number of halogens is 1. The molecule has 3 aliphatic heterocycles. The maximum absolute atomic E-state index is 13.4. The van der Waals surface area contributed by atoms with E-state index in [1.165, 1.54) is 101 Å². The van der Waals surface area contributed by atoms with Crippen molar-refractivity contribution in [2.45, 2.75) is 124 Å². The number of carbonyl (C=O) groups is 1. The Morgan fingerprint density at radius 3 is 1.37 bits per heavy atom. The predicted octanol–water partition coefficient (Wildman–Crippen LogP) is 13.6. The second-order valence-corrected chi connectivity index (χ2v) is 22.5. The molecule has 12 rings (SSSR count). The van der Waals surface area contributed by atoms with Crippen LogP contribution in [0.15, 0.2) is 152 Å². The van der Waals surface area contributed by atoms with Crippen molar-refractivity contribution < 1.29 is 14.3 Å². The maximum Gasteiger partial charge on any atom is 0.247 e. The van der Waals surface area contributed by atoms with Crippen LogP contribution in [0.1, 0.15) is 94.7 Å². The number of ether oxygens (including phenoxy) is 2. The highest BCUT2D eigenvalue weighted by Crippen LogP contribution is 2.26. The molecule has 0 atom stereocenters. The third-order valence-corrected chi connectivity index (χ3v) is 16.1. The summed E-state index contributed by atoms with van der Waals surface area (Å²) in [7, 11) is 0. The Morgan fingerprint density at radius 1 is 0.494 bits per heavy atom. The van der Waals surface area contributed by atoms with Gasteiger partial charge in [-0.1, -0.05) is 104 Å². The number of imidazole rings is 3. The molecule has 0 radical (unpaired) electrons. The summed E-state index contributed by atoms with van der Waals surface area (Å²) >= 11 is 5.93. The molecule has 1 amide bonds. The van der Waals surface area contributed by atoms with Gasteiger partial charge in [0.2, 0.25) is 5.91 Å². The molecule has 0 N–H and O–H groups in total. The van der Waals surface area contributed by atoms with Gasteiger partial charge in [-0.25, -0.2) is 15.0 Å². The monoisotopic (exact) mass is 1110 g/mol. The highest BCUT2D eigenvalue weighted by Gasteiger charge is 2.24. The highest BCUT2D eigenvalue weighted by atomic mass is 35.5. The van der Waals surface area contributed by atoms with Crippen LogP contribution in [0.5, 0.6) is 11.5 Å². The van der Waals surface area contributed by atoms with Gasteiger partial charge in [0.1, 0.15) is 48.7 Å². The summed E-state index contributed by atoms with van der Waals surface area (Å²) in [4.78, 5) is 37.5. The number of piperidine rings is 3. The van der Waals surface area contributed by atoms with Crippen LogP contribution in [-0.2, 0) is 44.1 Å². The first-order valence-corrected chi connectivity index (χ1v) is 30.1. The van der Waals surface area contributed by atoms with Gasteiger partial charge in [0.25, 0.3) is 0 Å². The molecule has 0 spiro atoms. The summed E-state index contributed by atoms with van der Waals surface area (Å²) in [5.74, 6) is 5.17. The average molecular weight is 1110 g/mol. The van der Waals surface area contributed by atoms with Gasteiger partial charge in [-0.15, -0.1) is 0 Å². The predicted molar refractivity (Wildman–Crippen MR) is 329 cm³/mol. The number of nitrogens with zero attached hydrogens (tertiary/aromatic N) is 10. The standard InChI is InChI=1S/C24H30N4O.C22H27N3O.C21H24ClN3O/c1-19(2)28(20-11-5-3-6-12-20)24(29)18-27-22-14-8-7-13-21(22)25-23(27)17-26-15-9-4-10-16-26;1-18-9-3-6-12-21(18)26-16-15-25-20-11-5-4-10-19(20)23-22(25)17-24-13-7-2-8-14-24;22-17-8-10-18(11-9-17)26-15-14-25-20-7-3-2-6-19(20)23-21(25)16-24-12-4-1-5-13-24/h3,5-8,11-14,19H,4,9-10,15-18H2,1-2H3;3-6,9-12H,2,7-8,13-17H2,1H3;2-3,6-11H,1,4-5,12-16H2. The Morgan fingerprint density at radius 2 is 0.901 bits per heavy atom. The smallest absolute Gasteiger partial charge is 0.247 e. The first-order valence-electron chi connectivity index (χ1n) is 29.7. The van der Waals surface area contributed by atoms with E-state index < -0.39 is 0 Å². The Bertz CT molecular complexity index is 3390. The number of hydrogen-bond donors (Lipinski definition) is 0. The Kier molecular flexibility index (Phi) is 20.2. The van der Waals surface area contributed by atoms with Gasteiger partial charge in [-0.05, 0) is 183 Å². The van der Waals surface area contributed by atoms with Crippen LogP contribution in [0.3, 0.4) is 0 Å². The average Bonchev–Trinajstić information content (AvgIpc) is 4.34. The fourth-order valence-electron chi connectivity index (χ4n) is 11.6. The minimum atomic E-state index is 0.0882. The maximum atomic E-state index is 13.4. The molecule has 13 nitrogen and oxygen atoms in total. The topological polar surface area (TPSA) is 102 Å². The first kappa shape index (κ1) is 57.2. The van der Waals surface area contributed by atoms with Crippen LogP contribution in [0, 0.1) is 6.92 Å². The van der Waals surface area contributed by atoms with E-state index in [2.05, 4.69) is 110 Å². The molecule has 3 saturated heterocycles. The van der Waals surface area contributed by atoms with Crippen LogP contribution in [0.25, 0.3) is 33.1 Å². The van der Waals surface area contributed by atoms with Gasteiger partial charge < -0.3 is 28.1 Å². The van der Waals surface area contributed by atoms with Crippen LogP contribution in [-0.4, -0.2) is 108 Å². The Hall–Kier alpha value is -7.03. The number of rotatable bonds is 18. The molecule has 424 valence electrons. The molecule has 9 aromatic rings. The fraction of sp³-hybridized carbons (Fsp3) is 0.403. The van der Waals surface area contributed by atoms with E-state index >= 15 is 0 Å². The van der Waals surface area contributed by atoms with Crippen molar-refractivity contribution in [2.75, 3.05) is 57.4 Å². The summed E-state index contributed by atoms with van der Waals surface area (Å²) in [5, 5.41) is 0.724. The number of aromatic nitrogens is 6. The number of anilines is 1. The third kappa shape index (κ3) is 15.3. The van der Waals surface area contributed by atoms with Crippen molar-refractivity contribution in [2.24, 2.45) is 0 Å². The Labute approximate surface area is 484 Å². The SMILES string of the molecule is CC(C)N(C(=O)Cn1c(CN2CCCCC2)nc2ccccc21)c1ccccc1.Cc1ccccc1OCCn1c(CN2CCCCC2)nc2ccccc21.Clc1ccc(OCCn2c(CN3CCCCC3)nc3ccccc32)cc1. The van der Waals surface area contributed by atoms with Crippen molar-refractivity contribution >= 4 is 56.3 Å². The van der Waals surface area contributed by atoms with E-state index in [-0.39, 0.29) is 11.9 Å². The fourth-order valence-corrected chi connectivity index (χ4v) is 11.8. The van der Waals surface area contributed by atoms with Crippen molar-refractivity contribution in [3.05, 3.63) is 180 Å². The lowest BCUT2D eigenvalue weighted by Crippen LogP contribution is -2.39. The van der Waals surface area contributed by atoms with Crippen molar-refractivity contribution in [3.8, 4) is 11.5 Å². The molecule has 0 unspecified atom stereocenters. The lowest BCUT2D eigenvalue weighted by atomic mass is 10.1. The van der Waals surface area contributed by atoms with Gasteiger partial charge in [-0.3, -0.25) is 19.5 Å². The van der Waals surface area contributed by atoms with Gasteiger partial charge in [0.05, 0.1) is 65.8 Å². The zero-order chi connectivity index (χ0) is 55.8. The van der Waals surface area contributed by atoms with E-state index in [1.807, 2.05) is 95.9 Å². The summed E-state index contributed by atoms with van der Waals surface area (Å²) in [6, 6.07) is 50.6. The number of fused-ring (bicyclic) bond motifs is 3. The van der Waals surface area contributed by atoms with E-state index in [4.69, 9.17) is 36.0 Å². The number of amides is 1. The number of likely N-dealkylation sites (tertiary alicyclic amines) is 3. The highest BCUT2D eigenvalue weighted by molar-refractivity contribution is 6.30. The largest absolute Gasteiger partial charge is 0.492 e. The summed E-state index contributed by atoms with van der Waals surface area (Å²) in [5.41, 5.74) is 8.63. The van der Waals surface area contributed by atoms with Gasteiger partial charge in [0.15, 0.2) is 0 Å². The van der Waals surface area contributed by atoms with Gasteiger partial charge >= 0.3 is 0 Å². The van der Waals surface area contributed by atoms with Gasteiger partial charge in [0, 0.05) is 16.8 Å². The van der Waals surface area contributed by atoms with Crippen LogP contribution >= 0.6 is 11.6 Å². The van der Waals surface area contributed by atoms with E-state index in [0.29, 0.717) is 19.8 Å². The zero-order valence-electron chi connectivity index (χ0n) is 47.8. The number of benzene rings is 6. The molecule has 81 heavy (non-hydrogen) atoms. The summed E-state index contributed by atoms with van der Waals surface area (Å²) in [6.07, 6.45) is 11.7. The quantitative estimate of drug-likeness (QED) is 0.0831. The Balaban J connectivity index is 0.000000137. The zero-order valence-corrected chi connectivity index (χ0v) is 48.6. The van der Waals surface area contributed by atoms with Crippen molar-refractivity contribution in [1.82, 2.24) is 43.4 Å². The number of carbonyl (C=O) groups excluding carboxylic acids is 1. The molecule has 3 aliphatic rings. The van der Waals surface area contributed by atoms with Crippen molar-refractivity contribution in [1.29, 1.82) is 0 Å². The normalized spacial score (nSPS) is 15.3. The lowest BCUT2D eigenvalue weighted by molar-refractivity contribution is -0.119. The second-order valence-electron chi connectivity index (χ2n) is 22.1. The first-order chi connectivity index (χ1) is 39.7. The number of para-hydroxylation sites is 8. The molecule has 0 saturated carbocycles. The molecule has 3 aromatic heterocycles. The summed E-state index contributed by atoms with van der Waals surface area (Å²) < 4.78 is 18.7. The lowest BCUT2D eigenvalue weighted by Gasteiger charge is -2.28. The molecular weight excluding hydrogens is 1030 g/mol. The molecule has 14 heteroatoms. The molecule has 0 aliphatic carbocycles. The van der Waals surface area contributed by atoms with Crippen molar-refractivity contribution in [3.63, 3.8) is 0 Å². The third-order valence-electron chi connectivity index (χ3n) is 15.8. The molecule has 0 bridgehead atoms. The summed E-state index contributed by atoms with van der Waals surface area (Å²) in [6.45, 7) is 18.9. The molecule has 6 aromatic carbocycles. The second kappa shape index (κ2) is 28.6. The van der Waals surface area contributed by atoms with Crippen LogP contribution < -0.4 is 14.4 Å². The van der Waals surface area contributed by atoms with E-state index in [1.54, 1.807) is 0 Å². The molecular formula is C67H81ClN10O3. The molecule has 3 fully saturated rings. The van der Waals surface area contributed by atoms with E-state index in [9.17, 15) is 4.79 Å². The van der Waals surface area contributed by atoms with Crippen LogP contribution in [0.2, 0.25) is 5.02 Å². The minimum Gasteiger partial charge on any atom is -0.492 e. The van der Waals surface area contributed by atoms with Crippen LogP contribution in [0.4, 0.5) is 5.69 Å². The molecule has 6 heterocycles. The van der Waals surface area contributed by atoms with Gasteiger partial charge in [-0.2, -0.15) is 0 Å². The van der Waals surface area contributed by atoms with E-state index in [0.717, 1.165) is 108 Å². The number of aryl methyl sites for hydroxylation is 1. The number of hydrogen-bond acceptors (Lipinski definition) is 9.